The molecule has 0 saturated heterocycles. The van der Waals surface area contributed by atoms with Crippen LogP contribution < -0.4 is 5.32 Å². The largest absolute Gasteiger partial charge is 0.417 e. The van der Waals surface area contributed by atoms with E-state index in [9.17, 15) is 18.0 Å². The Kier molecular flexibility index (Phi) is 5.31. The van der Waals surface area contributed by atoms with Crippen LogP contribution >= 0.6 is 11.6 Å². The first-order valence-electron chi connectivity index (χ1n) is 8.05. The van der Waals surface area contributed by atoms with Gasteiger partial charge in [0.05, 0.1) is 10.6 Å². The van der Waals surface area contributed by atoms with Crippen molar-refractivity contribution in [2.24, 2.45) is 0 Å². The second-order valence-electron chi connectivity index (χ2n) is 6.00. The molecule has 1 aliphatic rings. The van der Waals surface area contributed by atoms with Gasteiger partial charge in [0, 0.05) is 25.1 Å². The van der Waals surface area contributed by atoms with Gasteiger partial charge in [-0.25, -0.2) is 0 Å². The number of hydrogen-bond donors (Lipinski definition) is 1. The molecule has 2 aromatic rings. The number of rotatable bonds is 6. The number of carbonyl (C=O) groups is 1. The number of carbonyl (C=O) groups excluding carboxylic acids is 1. The number of aromatic nitrogens is 3. The summed E-state index contributed by atoms with van der Waals surface area (Å²) in [6.45, 7) is 0.364. The third kappa shape index (κ3) is 4.63. The third-order valence-corrected chi connectivity index (χ3v) is 4.29. The Morgan fingerprint density at radius 3 is 2.85 bits per heavy atom. The Bertz CT molecular complexity index is 828. The molecule has 1 saturated carbocycles. The smallest absolute Gasteiger partial charge is 0.352 e. The minimum Gasteiger partial charge on any atom is -0.352 e. The fourth-order valence-electron chi connectivity index (χ4n) is 2.50. The van der Waals surface area contributed by atoms with Crippen molar-refractivity contribution in [1.29, 1.82) is 0 Å². The quantitative estimate of drug-likeness (QED) is 0.773. The van der Waals surface area contributed by atoms with Crippen molar-refractivity contribution >= 4 is 23.6 Å². The highest BCUT2D eigenvalue weighted by Gasteiger charge is 2.33. The van der Waals surface area contributed by atoms with Gasteiger partial charge < -0.3 is 9.88 Å². The third-order valence-electron chi connectivity index (χ3n) is 3.96. The van der Waals surface area contributed by atoms with E-state index in [1.807, 2.05) is 4.57 Å². The first-order valence-corrected chi connectivity index (χ1v) is 8.43. The van der Waals surface area contributed by atoms with Gasteiger partial charge in [-0.3, -0.25) is 4.79 Å². The summed E-state index contributed by atoms with van der Waals surface area (Å²) in [5.41, 5.74) is -0.688. The Hall–Kier alpha value is -2.35. The number of amides is 1. The molecule has 3 rings (SSSR count). The van der Waals surface area contributed by atoms with E-state index < -0.39 is 17.6 Å². The second kappa shape index (κ2) is 7.49. The van der Waals surface area contributed by atoms with Crippen LogP contribution in [0, 0.1) is 0 Å². The summed E-state index contributed by atoms with van der Waals surface area (Å²) in [4.78, 5) is 11.8. The average molecular weight is 385 g/mol. The fraction of sp³-hybridized carbons (Fsp3) is 0.353. The molecule has 1 N–H and O–H groups in total. The summed E-state index contributed by atoms with van der Waals surface area (Å²) in [5, 5.41) is 10.2. The Morgan fingerprint density at radius 1 is 1.38 bits per heavy atom. The maximum Gasteiger partial charge on any atom is 0.417 e. The molecule has 0 radical (unpaired) electrons. The lowest BCUT2D eigenvalue weighted by Crippen LogP contribution is -2.24. The monoisotopic (exact) mass is 384 g/mol. The lowest BCUT2D eigenvalue weighted by Gasteiger charge is -2.09. The van der Waals surface area contributed by atoms with Crippen LogP contribution in [0.1, 0.15) is 35.8 Å². The Balaban J connectivity index is 1.54. The molecule has 1 fully saturated rings. The predicted molar refractivity (Wildman–Crippen MR) is 90.5 cm³/mol. The first kappa shape index (κ1) is 18.4. The highest BCUT2D eigenvalue weighted by Crippen LogP contribution is 2.36. The van der Waals surface area contributed by atoms with Crippen LogP contribution in [-0.4, -0.2) is 27.2 Å². The number of nitrogens with one attached hydrogen (secondary N) is 1. The van der Waals surface area contributed by atoms with Gasteiger partial charge in [0.15, 0.2) is 0 Å². The van der Waals surface area contributed by atoms with Crippen LogP contribution in [0.15, 0.2) is 30.6 Å². The lowest BCUT2D eigenvalue weighted by atomic mass is 10.1. The maximum absolute atomic E-state index is 12.8. The normalized spacial score (nSPS) is 14.8. The van der Waals surface area contributed by atoms with Gasteiger partial charge in [0.25, 0.3) is 0 Å². The zero-order valence-electron chi connectivity index (χ0n) is 13.6. The van der Waals surface area contributed by atoms with Crippen LogP contribution in [0.5, 0.6) is 0 Å². The number of halogens is 4. The predicted octanol–water partition coefficient (Wildman–Crippen LogP) is 3.66. The molecule has 1 aliphatic carbocycles. The maximum atomic E-state index is 12.8. The molecule has 0 unspecified atom stereocenters. The molecule has 0 bridgehead atoms. The molecule has 9 heteroatoms. The van der Waals surface area contributed by atoms with Crippen LogP contribution in [0.3, 0.4) is 0 Å². The molecule has 0 spiro atoms. The molecule has 26 heavy (non-hydrogen) atoms. The van der Waals surface area contributed by atoms with E-state index in [-0.39, 0.29) is 10.6 Å². The number of benzene rings is 1. The van der Waals surface area contributed by atoms with E-state index in [2.05, 4.69) is 15.5 Å². The molecular formula is C17H16ClF3N4O. The van der Waals surface area contributed by atoms with E-state index in [1.54, 1.807) is 6.33 Å². The lowest BCUT2D eigenvalue weighted by molar-refractivity contribution is -0.137. The SMILES string of the molecule is O=C(C=Cc1ccc(Cl)c(C(F)(F)F)c1)NCCc1nncn1C1CC1. The van der Waals surface area contributed by atoms with Crippen molar-refractivity contribution in [2.75, 3.05) is 6.54 Å². The topological polar surface area (TPSA) is 59.8 Å². The number of alkyl halides is 3. The highest BCUT2D eigenvalue weighted by atomic mass is 35.5. The fourth-order valence-corrected chi connectivity index (χ4v) is 2.72. The van der Waals surface area contributed by atoms with Crippen LogP contribution in [0.4, 0.5) is 13.2 Å². The molecule has 1 amide bonds. The molecular weight excluding hydrogens is 369 g/mol. The molecule has 1 heterocycles. The minimum atomic E-state index is -4.54. The van der Waals surface area contributed by atoms with Crippen molar-refractivity contribution in [3.8, 4) is 0 Å². The minimum absolute atomic E-state index is 0.241. The first-order chi connectivity index (χ1) is 12.3. The summed E-state index contributed by atoms with van der Waals surface area (Å²) in [6.07, 6.45) is 2.41. The van der Waals surface area contributed by atoms with Crippen molar-refractivity contribution in [2.45, 2.75) is 31.5 Å². The summed E-state index contributed by atoms with van der Waals surface area (Å²) >= 11 is 5.56. The summed E-state index contributed by atoms with van der Waals surface area (Å²) in [7, 11) is 0. The molecule has 138 valence electrons. The van der Waals surface area contributed by atoms with E-state index in [4.69, 9.17) is 11.6 Å². The van der Waals surface area contributed by atoms with Crippen molar-refractivity contribution in [3.63, 3.8) is 0 Å². The molecule has 0 aliphatic heterocycles. The van der Waals surface area contributed by atoms with Gasteiger partial charge in [-0.15, -0.1) is 10.2 Å². The zero-order chi connectivity index (χ0) is 18.7. The molecule has 0 atom stereocenters. The van der Waals surface area contributed by atoms with Gasteiger partial charge in [-0.1, -0.05) is 17.7 Å². The average Bonchev–Trinajstić information content (AvgIpc) is 3.32. The Labute approximate surface area is 152 Å². The van der Waals surface area contributed by atoms with Crippen molar-refractivity contribution < 1.29 is 18.0 Å². The molecule has 1 aromatic heterocycles. The van der Waals surface area contributed by atoms with E-state index in [1.165, 1.54) is 18.2 Å². The zero-order valence-corrected chi connectivity index (χ0v) is 14.4. The number of nitrogens with zero attached hydrogens (tertiary/aromatic N) is 3. The van der Waals surface area contributed by atoms with Gasteiger partial charge in [0.2, 0.25) is 5.91 Å². The van der Waals surface area contributed by atoms with E-state index in [0.29, 0.717) is 19.0 Å². The van der Waals surface area contributed by atoms with E-state index in [0.717, 1.165) is 30.8 Å². The van der Waals surface area contributed by atoms with Crippen LogP contribution in [-0.2, 0) is 17.4 Å². The van der Waals surface area contributed by atoms with Crippen LogP contribution in [0.2, 0.25) is 5.02 Å². The van der Waals surface area contributed by atoms with Gasteiger partial charge >= 0.3 is 6.18 Å². The van der Waals surface area contributed by atoms with Gasteiger partial charge in [-0.05, 0) is 36.6 Å². The Morgan fingerprint density at radius 2 is 2.15 bits per heavy atom. The highest BCUT2D eigenvalue weighted by molar-refractivity contribution is 6.31. The molecule has 1 aromatic carbocycles. The van der Waals surface area contributed by atoms with Crippen molar-refractivity contribution in [3.05, 3.63) is 52.6 Å². The van der Waals surface area contributed by atoms with E-state index >= 15 is 0 Å². The van der Waals surface area contributed by atoms with Crippen molar-refractivity contribution in [1.82, 2.24) is 20.1 Å². The summed E-state index contributed by atoms with van der Waals surface area (Å²) in [6, 6.07) is 3.94. The van der Waals surface area contributed by atoms with Gasteiger partial charge in [0.1, 0.15) is 12.2 Å². The summed E-state index contributed by atoms with van der Waals surface area (Å²) < 4.78 is 40.5. The van der Waals surface area contributed by atoms with Gasteiger partial charge in [-0.2, -0.15) is 13.2 Å². The van der Waals surface area contributed by atoms with Crippen LogP contribution in [0.25, 0.3) is 6.08 Å². The standard InChI is InChI=1S/C17H16ClF3N4O/c18-14-5-1-11(9-13(14)17(19,20)21)2-6-16(26)22-8-7-15-24-23-10-25(15)12-3-4-12/h1-2,5-6,9-10,12H,3-4,7-8H2,(H,22,26). The molecule has 5 nitrogen and oxygen atoms in total. The second-order valence-corrected chi connectivity index (χ2v) is 6.40. The summed E-state index contributed by atoms with van der Waals surface area (Å²) in [5.74, 6) is 0.412. The number of hydrogen-bond acceptors (Lipinski definition) is 3.